The summed E-state index contributed by atoms with van der Waals surface area (Å²) in [6.07, 6.45) is 1.53. The van der Waals surface area contributed by atoms with E-state index in [0.29, 0.717) is 22.5 Å². The molecule has 1 heterocycles. The highest BCUT2D eigenvalue weighted by atomic mass is 19.1. The summed E-state index contributed by atoms with van der Waals surface area (Å²) in [7, 11) is 0. The summed E-state index contributed by atoms with van der Waals surface area (Å²) in [5.41, 5.74) is 4.14. The Bertz CT molecular complexity index is 910. The van der Waals surface area contributed by atoms with E-state index in [0.717, 1.165) is 16.5 Å². The molecule has 0 unspecified atom stereocenters. The molecule has 0 aliphatic heterocycles. The molecule has 3 rings (SSSR count). The largest absolute Gasteiger partial charge is 0.354 e. The second-order valence-electron chi connectivity index (χ2n) is 5.27. The molecule has 0 aliphatic rings. The van der Waals surface area contributed by atoms with Crippen molar-refractivity contribution in [3.63, 3.8) is 0 Å². The molecule has 1 aromatic heterocycles. The van der Waals surface area contributed by atoms with E-state index in [1.54, 1.807) is 19.1 Å². The van der Waals surface area contributed by atoms with Crippen LogP contribution in [0.3, 0.4) is 0 Å². The third-order valence-electron chi connectivity index (χ3n) is 3.59. The van der Waals surface area contributed by atoms with Crippen LogP contribution in [-0.4, -0.2) is 4.98 Å². The number of halogens is 1. The molecule has 4 heteroatoms. The van der Waals surface area contributed by atoms with E-state index in [4.69, 9.17) is 0 Å². The molecule has 0 amide bonds. The molecule has 0 bridgehead atoms. The van der Waals surface area contributed by atoms with Gasteiger partial charge in [-0.3, -0.25) is 4.98 Å². The number of fused-ring (bicyclic) bond motifs is 1. The zero-order chi connectivity index (χ0) is 15.7. The molecule has 1 N–H and O–H groups in total. The average Bonchev–Trinajstić information content (AvgIpc) is 2.51. The van der Waals surface area contributed by atoms with E-state index < -0.39 is 0 Å². The minimum atomic E-state index is -0.280. The zero-order valence-electron chi connectivity index (χ0n) is 12.3. The highest BCUT2D eigenvalue weighted by Gasteiger charge is 2.10. The number of pyridine rings is 1. The standard InChI is InChI=1S/C18H14FN3/c1-11-3-6-17-15(7-11)18(13(9-20)10-21-17)22-14-5-4-12(2)16(19)8-14/h3-8,10H,1-2H3,(H,21,22). The second-order valence-corrected chi connectivity index (χ2v) is 5.27. The van der Waals surface area contributed by atoms with Gasteiger partial charge in [-0.15, -0.1) is 0 Å². The lowest BCUT2D eigenvalue weighted by molar-refractivity contribution is 0.619. The van der Waals surface area contributed by atoms with Gasteiger partial charge < -0.3 is 5.32 Å². The van der Waals surface area contributed by atoms with Gasteiger partial charge in [0.25, 0.3) is 0 Å². The molecular weight excluding hydrogens is 277 g/mol. The van der Waals surface area contributed by atoms with Gasteiger partial charge in [0.2, 0.25) is 0 Å². The fraction of sp³-hybridized carbons (Fsp3) is 0.111. The second kappa shape index (κ2) is 5.45. The predicted octanol–water partition coefficient (Wildman–Crippen LogP) is 4.61. The van der Waals surface area contributed by atoms with E-state index in [1.165, 1.54) is 12.3 Å². The van der Waals surface area contributed by atoms with Crippen LogP contribution < -0.4 is 5.32 Å². The summed E-state index contributed by atoms with van der Waals surface area (Å²) in [5.74, 6) is -0.280. The first kappa shape index (κ1) is 14.0. The lowest BCUT2D eigenvalue weighted by Crippen LogP contribution is -1.98. The van der Waals surface area contributed by atoms with Crippen LogP contribution in [0.2, 0.25) is 0 Å². The Labute approximate surface area is 128 Å². The molecular formula is C18H14FN3. The van der Waals surface area contributed by atoms with Gasteiger partial charge in [-0.2, -0.15) is 5.26 Å². The maximum Gasteiger partial charge on any atom is 0.128 e. The van der Waals surface area contributed by atoms with Crippen molar-refractivity contribution in [3.05, 3.63) is 65.1 Å². The number of nitrogens with one attached hydrogen (secondary N) is 1. The van der Waals surface area contributed by atoms with Crippen molar-refractivity contribution >= 4 is 22.3 Å². The summed E-state index contributed by atoms with van der Waals surface area (Å²) in [6.45, 7) is 3.69. The first-order chi connectivity index (χ1) is 10.6. The molecule has 0 saturated heterocycles. The van der Waals surface area contributed by atoms with Gasteiger partial charge >= 0.3 is 0 Å². The normalized spacial score (nSPS) is 10.5. The van der Waals surface area contributed by atoms with Crippen LogP contribution in [0.15, 0.2) is 42.6 Å². The Balaban J connectivity index is 2.17. The van der Waals surface area contributed by atoms with Crippen molar-refractivity contribution < 1.29 is 4.39 Å². The quantitative estimate of drug-likeness (QED) is 0.750. The maximum atomic E-state index is 13.7. The van der Waals surface area contributed by atoms with E-state index in [1.807, 2.05) is 25.1 Å². The Morgan fingerprint density at radius 3 is 2.68 bits per heavy atom. The molecule has 3 aromatic rings. The Hall–Kier alpha value is -2.93. The summed E-state index contributed by atoms with van der Waals surface area (Å²) in [5, 5.41) is 13.3. The van der Waals surface area contributed by atoms with Gasteiger partial charge in [-0.1, -0.05) is 17.7 Å². The minimum Gasteiger partial charge on any atom is -0.354 e. The van der Waals surface area contributed by atoms with Crippen LogP contribution in [-0.2, 0) is 0 Å². The topological polar surface area (TPSA) is 48.7 Å². The lowest BCUT2D eigenvalue weighted by Gasteiger charge is -2.12. The fourth-order valence-corrected chi connectivity index (χ4v) is 2.34. The molecule has 2 aromatic carbocycles. The van der Waals surface area contributed by atoms with E-state index in [9.17, 15) is 9.65 Å². The number of nitriles is 1. The van der Waals surface area contributed by atoms with Crippen molar-refractivity contribution in [2.75, 3.05) is 5.32 Å². The SMILES string of the molecule is Cc1ccc2ncc(C#N)c(Nc3ccc(C)c(F)c3)c2c1. The molecule has 3 nitrogen and oxygen atoms in total. The Morgan fingerprint density at radius 1 is 1.14 bits per heavy atom. The summed E-state index contributed by atoms with van der Waals surface area (Å²) < 4.78 is 13.7. The van der Waals surface area contributed by atoms with Crippen LogP contribution in [0.4, 0.5) is 15.8 Å². The first-order valence-electron chi connectivity index (χ1n) is 6.91. The zero-order valence-corrected chi connectivity index (χ0v) is 12.3. The molecule has 0 fully saturated rings. The van der Waals surface area contributed by atoms with E-state index >= 15 is 0 Å². The van der Waals surface area contributed by atoms with Crippen LogP contribution in [0, 0.1) is 31.0 Å². The summed E-state index contributed by atoms with van der Waals surface area (Å²) in [6, 6.07) is 12.9. The fourth-order valence-electron chi connectivity index (χ4n) is 2.34. The Kier molecular flexibility index (Phi) is 3.48. The van der Waals surface area contributed by atoms with Crippen molar-refractivity contribution in [1.82, 2.24) is 4.98 Å². The van der Waals surface area contributed by atoms with Gasteiger partial charge in [0.05, 0.1) is 16.8 Å². The minimum absolute atomic E-state index is 0.280. The smallest absolute Gasteiger partial charge is 0.128 e. The number of hydrogen-bond acceptors (Lipinski definition) is 3. The van der Waals surface area contributed by atoms with E-state index in [2.05, 4.69) is 16.4 Å². The van der Waals surface area contributed by atoms with Crippen molar-refractivity contribution in [1.29, 1.82) is 5.26 Å². The number of anilines is 2. The molecule has 0 spiro atoms. The highest BCUT2D eigenvalue weighted by Crippen LogP contribution is 2.30. The number of aromatic nitrogens is 1. The number of hydrogen-bond donors (Lipinski definition) is 1. The molecule has 108 valence electrons. The van der Waals surface area contributed by atoms with Crippen LogP contribution in [0.1, 0.15) is 16.7 Å². The van der Waals surface area contributed by atoms with Gasteiger partial charge in [0.15, 0.2) is 0 Å². The average molecular weight is 291 g/mol. The third-order valence-corrected chi connectivity index (χ3v) is 3.59. The Morgan fingerprint density at radius 2 is 1.95 bits per heavy atom. The number of nitrogens with zero attached hydrogens (tertiary/aromatic N) is 2. The van der Waals surface area contributed by atoms with Crippen molar-refractivity contribution in [3.8, 4) is 6.07 Å². The molecule has 0 radical (unpaired) electrons. The molecule has 22 heavy (non-hydrogen) atoms. The summed E-state index contributed by atoms with van der Waals surface area (Å²) >= 11 is 0. The van der Waals surface area contributed by atoms with E-state index in [-0.39, 0.29) is 5.82 Å². The molecule has 0 atom stereocenters. The first-order valence-corrected chi connectivity index (χ1v) is 6.91. The number of aryl methyl sites for hydroxylation is 2. The highest BCUT2D eigenvalue weighted by molar-refractivity contribution is 5.96. The van der Waals surface area contributed by atoms with Gasteiger partial charge in [-0.05, 0) is 43.7 Å². The lowest BCUT2D eigenvalue weighted by atomic mass is 10.1. The van der Waals surface area contributed by atoms with Gasteiger partial charge in [0, 0.05) is 17.3 Å². The monoisotopic (exact) mass is 291 g/mol. The third kappa shape index (κ3) is 2.49. The van der Waals surface area contributed by atoms with Gasteiger partial charge in [-0.25, -0.2) is 4.39 Å². The van der Waals surface area contributed by atoms with Crippen molar-refractivity contribution in [2.45, 2.75) is 13.8 Å². The number of benzene rings is 2. The predicted molar refractivity (Wildman–Crippen MR) is 85.6 cm³/mol. The van der Waals surface area contributed by atoms with Crippen LogP contribution in [0.5, 0.6) is 0 Å². The molecule has 0 saturated carbocycles. The summed E-state index contributed by atoms with van der Waals surface area (Å²) in [4.78, 5) is 4.29. The van der Waals surface area contributed by atoms with Crippen LogP contribution in [0.25, 0.3) is 10.9 Å². The van der Waals surface area contributed by atoms with Gasteiger partial charge in [0.1, 0.15) is 11.9 Å². The van der Waals surface area contributed by atoms with Crippen LogP contribution >= 0.6 is 0 Å². The maximum absolute atomic E-state index is 13.7. The van der Waals surface area contributed by atoms with Crippen molar-refractivity contribution in [2.24, 2.45) is 0 Å². The molecule has 0 aliphatic carbocycles. The number of rotatable bonds is 2.